The number of nitrogens with zero attached hydrogens (tertiary/aromatic N) is 4. The lowest BCUT2D eigenvalue weighted by Crippen LogP contribution is -2.47. The SMILES string of the molecule is C[C@@H](CN1CCNCC1)Nc1ncnc2c(N(C)C)cccc12. The molecule has 1 aromatic heterocycles. The number of aromatic nitrogens is 2. The summed E-state index contributed by atoms with van der Waals surface area (Å²) in [4.78, 5) is 13.5. The molecule has 0 radical (unpaired) electrons. The van der Waals surface area contributed by atoms with Gasteiger partial charge in [0.15, 0.2) is 0 Å². The molecule has 0 aliphatic carbocycles. The molecule has 0 bridgehead atoms. The fourth-order valence-electron chi connectivity index (χ4n) is 3.11. The molecule has 0 unspecified atom stereocenters. The van der Waals surface area contributed by atoms with E-state index in [1.54, 1.807) is 6.33 Å². The predicted molar refractivity (Wildman–Crippen MR) is 96.3 cm³/mol. The Morgan fingerprint density at radius 3 is 2.78 bits per heavy atom. The number of hydrogen-bond donors (Lipinski definition) is 2. The van der Waals surface area contributed by atoms with E-state index in [0.29, 0.717) is 6.04 Å². The largest absolute Gasteiger partial charge is 0.376 e. The summed E-state index contributed by atoms with van der Waals surface area (Å²) in [7, 11) is 4.08. The van der Waals surface area contributed by atoms with E-state index in [9.17, 15) is 0 Å². The lowest BCUT2D eigenvalue weighted by molar-refractivity contribution is 0.235. The number of benzene rings is 1. The molecule has 2 heterocycles. The van der Waals surface area contributed by atoms with E-state index in [-0.39, 0.29) is 0 Å². The first-order chi connectivity index (χ1) is 11.1. The summed E-state index contributed by atoms with van der Waals surface area (Å²) in [6.45, 7) is 7.62. The molecule has 1 atom stereocenters. The Labute approximate surface area is 137 Å². The number of hydrogen-bond acceptors (Lipinski definition) is 6. The van der Waals surface area contributed by atoms with Gasteiger partial charge in [-0.2, -0.15) is 0 Å². The molecular formula is C17H26N6. The molecule has 23 heavy (non-hydrogen) atoms. The molecule has 124 valence electrons. The van der Waals surface area contributed by atoms with E-state index in [0.717, 1.165) is 55.1 Å². The van der Waals surface area contributed by atoms with Crippen LogP contribution in [0.25, 0.3) is 10.9 Å². The second-order valence-corrected chi connectivity index (χ2v) is 6.39. The van der Waals surface area contributed by atoms with Crippen molar-refractivity contribution in [3.8, 4) is 0 Å². The Bertz CT molecular complexity index is 651. The van der Waals surface area contributed by atoms with Crippen LogP contribution in [-0.2, 0) is 0 Å². The molecule has 6 nitrogen and oxygen atoms in total. The Kier molecular flexibility index (Phi) is 4.93. The van der Waals surface area contributed by atoms with Crippen LogP contribution in [0.4, 0.5) is 11.5 Å². The number of anilines is 2. The van der Waals surface area contributed by atoms with Crippen LogP contribution in [0.15, 0.2) is 24.5 Å². The first-order valence-electron chi connectivity index (χ1n) is 8.26. The fraction of sp³-hybridized carbons (Fsp3) is 0.529. The molecular weight excluding hydrogens is 288 g/mol. The summed E-state index contributed by atoms with van der Waals surface area (Å²) < 4.78 is 0. The van der Waals surface area contributed by atoms with Gasteiger partial charge in [0.2, 0.25) is 0 Å². The third kappa shape index (κ3) is 3.71. The standard InChI is InChI=1S/C17H26N6/c1-13(11-23-9-7-18-8-10-23)21-17-14-5-4-6-15(22(2)3)16(14)19-12-20-17/h4-6,12-13,18H,7-11H2,1-3H3,(H,19,20,21)/t13-/m0/s1. The van der Waals surface area contributed by atoms with Crippen molar-refractivity contribution in [1.29, 1.82) is 0 Å². The molecule has 1 aromatic carbocycles. The molecule has 2 aromatic rings. The van der Waals surface area contributed by atoms with Crippen molar-refractivity contribution in [2.75, 3.05) is 57.0 Å². The zero-order chi connectivity index (χ0) is 16.2. The van der Waals surface area contributed by atoms with Crippen molar-refractivity contribution in [2.24, 2.45) is 0 Å². The van der Waals surface area contributed by atoms with Gasteiger partial charge in [-0.25, -0.2) is 9.97 Å². The third-order valence-electron chi connectivity index (χ3n) is 4.25. The number of nitrogens with one attached hydrogen (secondary N) is 2. The number of rotatable bonds is 5. The normalized spacial score (nSPS) is 17.2. The topological polar surface area (TPSA) is 56.3 Å². The first kappa shape index (κ1) is 16.0. The summed E-state index contributed by atoms with van der Waals surface area (Å²) in [6.07, 6.45) is 1.65. The minimum atomic E-state index is 0.342. The monoisotopic (exact) mass is 314 g/mol. The number of para-hydroxylation sites is 1. The summed E-state index contributed by atoms with van der Waals surface area (Å²) in [5.74, 6) is 0.918. The van der Waals surface area contributed by atoms with Crippen LogP contribution in [-0.4, -0.2) is 67.7 Å². The minimum absolute atomic E-state index is 0.342. The molecule has 0 amide bonds. The van der Waals surface area contributed by atoms with Crippen LogP contribution in [0.3, 0.4) is 0 Å². The van der Waals surface area contributed by atoms with Crippen molar-refractivity contribution < 1.29 is 0 Å². The maximum atomic E-state index is 4.47. The maximum Gasteiger partial charge on any atom is 0.137 e. The van der Waals surface area contributed by atoms with Gasteiger partial charge in [-0.1, -0.05) is 6.07 Å². The lowest BCUT2D eigenvalue weighted by Gasteiger charge is -2.30. The minimum Gasteiger partial charge on any atom is -0.376 e. The summed E-state index contributed by atoms with van der Waals surface area (Å²) >= 11 is 0. The van der Waals surface area contributed by atoms with E-state index in [2.05, 4.69) is 55.5 Å². The van der Waals surface area contributed by atoms with Gasteiger partial charge in [0.1, 0.15) is 12.1 Å². The van der Waals surface area contributed by atoms with Crippen LogP contribution in [0.1, 0.15) is 6.92 Å². The molecule has 1 aliphatic heterocycles. The molecule has 6 heteroatoms. The van der Waals surface area contributed by atoms with Crippen molar-refractivity contribution in [3.63, 3.8) is 0 Å². The molecule has 1 saturated heterocycles. The van der Waals surface area contributed by atoms with Crippen molar-refractivity contribution in [1.82, 2.24) is 20.2 Å². The van der Waals surface area contributed by atoms with Gasteiger partial charge >= 0.3 is 0 Å². The van der Waals surface area contributed by atoms with Gasteiger partial charge in [-0.05, 0) is 19.1 Å². The van der Waals surface area contributed by atoms with Crippen molar-refractivity contribution >= 4 is 22.4 Å². The molecule has 0 saturated carbocycles. The average molecular weight is 314 g/mol. The van der Waals surface area contributed by atoms with E-state index >= 15 is 0 Å². The molecule has 2 N–H and O–H groups in total. The first-order valence-corrected chi connectivity index (χ1v) is 8.26. The molecule has 0 spiro atoms. The Hall–Kier alpha value is -1.92. The van der Waals surface area contributed by atoms with Crippen LogP contribution < -0.4 is 15.5 Å². The van der Waals surface area contributed by atoms with Gasteiger partial charge in [-0.3, -0.25) is 4.90 Å². The maximum absolute atomic E-state index is 4.47. The second kappa shape index (κ2) is 7.10. The van der Waals surface area contributed by atoms with Gasteiger partial charge in [0, 0.05) is 58.2 Å². The van der Waals surface area contributed by atoms with Crippen LogP contribution in [0.2, 0.25) is 0 Å². The van der Waals surface area contributed by atoms with Gasteiger partial charge in [-0.15, -0.1) is 0 Å². The van der Waals surface area contributed by atoms with Crippen LogP contribution >= 0.6 is 0 Å². The quantitative estimate of drug-likeness (QED) is 0.870. The molecule has 1 fully saturated rings. The van der Waals surface area contributed by atoms with Gasteiger partial charge in [0.25, 0.3) is 0 Å². The van der Waals surface area contributed by atoms with Crippen LogP contribution in [0, 0.1) is 0 Å². The van der Waals surface area contributed by atoms with E-state index < -0.39 is 0 Å². The van der Waals surface area contributed by atoms with Gasteiger partial charge in [0.05, 0.1) is 11.2 Å². The molecule has 1 aliphatic rings. The Morgan fingerprint density at radius 1 is 1.26 bits per heavy atom. The highest BCUT2D eigenvalue weighted by Crippen LogP contribution is 2.27. The van der Waals surface area contributed by atoms with E-state index in [4.69, 9.17) is 0 Å². The zero-order valence-electron chi connectivity index (χ0n) is 14.2. The van der Waals surface area contributed by atoms with Crippen LogP contribution in [0.5, 0.6) is 0 Å². The summed E-state index contributed by atoms with van der Waals surface area (Å²) in [5, 5.41) is 8.03. The molecule has 3 rings (SSSR count). The Morgan fingerprint density at radius 2 is 2.04 bits per heavy atom. The van der Waals surface area contributed by atoms with Crippen molar-refractivity contribution in [3.05, 3.63) is 24.5 Å². The number of fused-ring (bicyclic) bond motifs is 1. The Balaban J connectivity index is 1.78. The summed E-state index contributed by atoms with van der Waals surface area (Å²) in [5.41, 5.74) is 2.10. The second-order valence-electron chi connectivity index (χ2n) is 6.39. The van der Waals surface area contributed by atoms with Crippen molar-refractivity contribution in [2.45, 2.75) is 13.0 Å². The fourth-order valence-corrected chi connectivity index (χ4v) is 3.11. The highest BCUT2D eigenvalue weighted by atomic mass is 15.2. The zero-order valence-corrected chi connectivity index (χ0v) is 14.2. The van der Waals surface area contributed by atoms with Gasteiger partial charge < -0.3 is 15.5 Å². The predicted octanol–water partition coefficient (Wildman–Crippen LogP) is 1.40. The lowest BCUT2D eigenvalue weighted by atomic mass is 10.2. The van der Waals surface area contributed by atoms with E-state index in [1.165, 1.54) is 0 Å². The average Bonchev–Trinajstić information content (AvgIpc) is 2.55. The third-order valence-corrected chi connectivity index (χ3v) is 4.25. The highest BCUT2D eigenvalue weighted by molar-refractivity contribution is 5.97. The highest BCUT2D eigenvalue weighted by Gasteiger charge is 2.15. The summed E-state index contributed by atoms with van der Waals surface area (Å²) in [6, 6.07) is 6.58. The smallest absolute Gasteiger partial charge is 0.137 e. The number of piperazine rings is 1. The van der Waals surface area contributed by atoms with E-state index in [1.807, 2.05) is 14.1 Å².